The van der Waals surface area contributed by atoms with Crippen LogP contribution in [0.1, 0.15) is 19.4 Å². The first-order valence-electron chi connectivity index (χ1n) is 5.76. The van der Waals surface area contributed by atoms with Crippen LogP contribution in [0.15, 0.2) is 22.7 Å². The predicted molar refractivity (Wildman–Crippen MR) is 75.2 cm³/mol. The second-order valence-electron chi connectivity index (χ2n) is 4.46. The summed E-state index contributed by atoms with van der Waals surface area (Å²) in [6, 6.07) is 5.90. The SMILES string of the molecule is Cc1c(Br)cccc1NCC(=O)NCC(C)C. The molecule has 4 heteroatoms. The molecule has 0 aliphatic carbocycles. The Balaban J connectivity index is 2.45. The van der Waals surface area contributed by atoms with Gasteiger partial charge in [0, 0.05) is 16.7 Å². The van der Waals surface area contributed by atoms with Crippen molar-refractivity contribution in [2.75, 3.05) is 18.4 Å². The second kappa shape index (κ2) is 6.64. The maximum Gasteiger partial charge on any atom is 0.239 e. The van der Waals surface area contributed by atoms with Crippen LogP contribution in [0.5, 0.6) is 0 Å². The van der Waals surface area contributed by atoms with E-state index in [4.69, 9.17) is 0 Å². The lowest BCUT2D eigenvalue weighted by atomic mass is 10.2. The highest BCUT2D eigenvalue weighted by atomic mass is 79.9. The molecule has 0 saturated heterocycles. The summed E-state index contributed by atoms with van der Waals surface area (Å²) < 4.78 is 1.05. The van der Waals surface area contributed by atoms with Gasteiger partial charge in [0.25, 0.3) is 0 Å². The molecule has 0 bridgehead atoms. The number of rotatable bonds is 5. The van der Waals surface area contributed by atoms with Crippen molar-refractivity contribution in [3.05, 3.63) is 28.2 Å². The fraction of sp³-hybridized carbons (Fsp3) is 0.462. The Bertz CT molecular complexity index is 391. The van der Waals surface area contributed by atoms with E-state index in [-0.39, 0.29) is 5.91 Å². The van der Waals surface area contributed by atoms with Crippen LogP contribution >= 0.6 is 15.9 Å². The number of anilines is 1. The van der Waals surface area contributed by atoms with Crippen molar-refractivity contribution in [1.82, 2.24) is 5.32 Å². The Hall–Kier alpha value is -1.03. The minimum Gasteiger partial charge on any atom is -0.376 e. The summed E-state index contributed by atoms with van der Waals surface area (Å²) in [5, 5.41) is 6.01. The minimum absolute atomic E-state index is 0.0260. The Labute approximate surface area is 111 Å². The van der Waals surface area contributed by atoms with Gasteiger partial charge < -0.3 is 10.6 Å². The standard InChI is InChI=1S/C13H19BrN2O/c1-9(2)7-16-13(17)8-15-12-6-4-5-11(14)10(12)3/h4-6,9,15H,7-8H2,1-3H3,(H,16,17). The highest BCUT2D eigenvalue weighted by Gasteiger charge is 2.04. The molecule has 0 aromatic heterocycles. The normalized spacial score (nSPS) is 10.4. The van der Waals surface area contributed by atoms with E-state index >= 15 is 0 Å². The van der Waals surface area contributed by atoms with E-state index in [1.54, 1.807) is 0 Å². The minimum atomic E-state index is 0.0260. The van der Waals surface area contributed by atoms with Gasteiger partial charge in [-0.25, -0.2) is 0 Å². The van der Waals surface area contributed by atoms with Crippen LogP contribution < -0.4 is 10.6 Å². The molecule has 1 aromatic carbocycles. The molecule has 94 valence electrons. The zero-order valence-electron chi connectivity index (χ0n) is 10.5. The summed E-state index contributed by atoms with van der Waals surface area (Å²) in [6.45, 7) is 7.19. The molecule has 1 aromatic rings. The van der Waals surface area contributed by atoms with E-state index in [9.17, 15) is 4.79 Å². The lowest BCUT2D eigenvalue weighted by Gasteiger charge is -2.11. The van der Waals surface area contributed by atoms with Gasteiger partial charge in [-0.2, -0.15) is 0 Å². The predicted octanol–water partition coefficient (Wildman–Crippen LogP) is 2.94. The summed E-state index contributed by atoms with van der Waals surface area (Å²) in [4.78, 5) is 11.5. The summed E-state index contributed by atoms with van der Waals surface area (Å²) in [5.74, 6) is 0.504. The van der Waals surface area contributed by atoms with Crippen LogP contribution in [0.2, 0.25) is 0 Å². The van der Waals surface area contributed by atoms with Crippen molar-refractivity contribution in [2.24, 2.45) is 5.92 Å². The Morgan fingerprint density at radius 3 is 2.76 bits per heavy atom. The third-order valence-corrected chi connectivity index (χ3v) is 3.27. The highest BCUT2D eigenvalue weighted by Crippen LogP contribution is 2.22. The van der Waals surface area contributed by atoms with Gasteiger partial charge in [-0.1, -0.05) is 35.8 Å². The van der Waals surface area contributed by atoms with E-state index in [2.05, 4.69) is 40.4 Å². The molecular weight excluding hydrogens is 280 g/mol. The van der Waals surface area contributed by atoms with E-state index < -0.39 is 0 Å². The Morgan fingerprint density at radius 1 is 1.41 bits per heavy atom. The number of halogens is 1. The summed E-state index contributed by atoms with van der Waals surface area (Å²) >= 11 is 3.46. The molecule has 0 unspecified atom stereocenters. The molecular formula is C13H19BrN2O. The van der Waals surface area contributed by atoms with Gasteiger partial charge in [-0.3, -0.25) is 4.79 Å². The number of hydrogen-bond donors (Lipinski definition) is 2. The van der Waals surface area contributed by atoms with Crippen molar-refractivity contribution >= 4 is 27.5 Å². The monoisotopic (exact) mass is 298 g/mol. The van der Waals surface area contributed by atoms with Gasteiger partial charge in [0.05, 0.1) is 6.54 Å². The fourth-order valence-corrected chi connectivity index (χ4v) is 1.72. The molecule has 0 atom stereocenters. The van der Waals surface area contributed by atoms with Crippen LogP contribution in [-0.2, 0) is 4.79 Å². The molecule has 1 amide bonds. The average molecular weight is 299 g/mol. The molecule has 0 fully saturated rings. The van der Waals surface area contributed by atoms with E-state index in [1.165, 1.54) is 0 Å². The van der Waals surface area contributed by atoms with Crippen molar-refractivity contribution in [2.45, 2.75) is 20.8 Å². The summed E-state index contributed by atoms with van der Waals surface area (Å²) in [6.07, 6.45) is 0. The van der Waals surface area contributed by atoms with E-state index in [1.807, 2.05) is 25.1 Å². The largest absolute Gasteiger partial charge is 0.376 e. The van der Waals surface area contributed by atoms with Crippen LogP contribution in [0.4, 0.5) is 5.69 Å². The third-order valence-electron chi connectivity index (χ3n) is 2.41. The number of hydrogen-bond acceptors (Lipinski definition) is 2. The number of amides is 1. The Kier molecular flexibility index (Phi) is 5.48. The van der Waals surface area contributed by atoms with Crippen molar-refractivity contribution in [3.8, 4) is 0 Å². The number of carbonyl (C=O) groups excluding carboxylic acids is 1. The van der Waals surface area contributed by atoms with Gasteiger partial charge in [0.15, 0.2) is 0 Å². The maximum absolute atomic E-state index is 11.5. The Morgan fingerprint density at radius 2 is 2.12 bits per heavy atom. The zero-order chi connectivity index (χ0) is 12.8. The molecule has 3 nitrogen and oxygen atoms in total. The molecule has 0 spiro atoms. The molecule has 0 aliphatic rings. The van der Waals surface area contributed by atoms with Gasteiger partial charge in [-0.05, 0) is 30.5 Å². The van der Waals surface area contributed by atoms with Crippen molar-refractivity contribution in [1.29, 1.82) is 0 Å². The molecule has 1 rings (SSSR count). The number of carbonyl (C=O) groups is 1. The van der Waals surface area contributed by atoms with E-state index in [0.717, 1.165) is 22.3 Å². The molecule has 17 heavy (non-hydrogen) atoms. The maximum atomic E-state index is 11.5. The summed E-state index contributed by atoms with van der Waals surface area (Å²) in [7, 11) is 0. The van der Waals surface area contributed by atoms with Crippen LogP contribution in [-0.4, -0.2) is 19.0 Å². The molecule has 0 saturated carbocycles. The third kappa shape index (κ3) is 4.77. The fourth-order valence-electron chi connectivity index (χ4n) is 1.35. The first kappa shape index (κ1) is 14.0. The van der Waals surface area contributed by atoms with Crippen molar-refractivity contribution < 1.29 is 4.79 Å². The first-order chi connectivity index (χ1) is 8.00. The number of benzene rings is 1. The molecule has 2 N–H and O–H groups in total. The van der Waals surface area contributed by atoms with Gasteiger partial charge >= 0.3 is 0 Å². The average Bonchev–Trinajstić information content (AvgIpc) is 2.28. The topological polar surface area (TPSA) is 41.1 Å². The van der Waals surface area contributed by atoms with Gasteiger partial charge in [0.1, 0.15) is 0 Å². The summed E-state index contributed by atoms with van der Waals surface area (Å²) in [5.41, 5.74) is 2.10. The second-order valence-corrected chi connectivity index (χ2v) is 5.32. The molecule has 0 aliphatic heterocycles. The number of nitrogens with one attached hydrogen (secondary N) is 2. The lowest BCUT2D eigenvalue weighted by Crippen LogP contribution is -2.32. The van der Waals surface area contributed by atoms with Crippen LogP contribution in [0.25, 0.3) is 0 Å². The molecule has 0 heterocycles. The first-order valence-corrected chi connectivity index (χ1v) is 6.55. The zero-order valence-corrected chi connectivity index (χ0v) is 12.1. The smallest absolute Gasteiger partial charge is 0.239 e. The van der Waals surface area contributed by atoms with Gasteiger partial charge in [0.2, 0.25) is 5.91 Å². The van der Waals surface area contributed by atoms with Crippen LogP contribution in [0, 0.1) is 12.8 Å². The lowest BCUT2D eigenvalue weighted by molar-refractivity contribution is -0.119. The van der Waals surface area contributed by atoms with Crippen molar-refractivity contribution in [3.63, 3.8) is 0 Å². The molecule has 0 radical (unpaired) electrons. The van der Waals surface area contributed by atoms with Crippen LogP contribution in [0.3, 0.4) is 0 Å². The van der Waals surface area contributed by atoms with Gasteiger partial charge in [-0.15, -0.1) is 0 Å². The quantitative estimate of drug-likeness (QED) is 0.877. The van der Waals surface area contributed by atoms with E-state index in [0.29, 0.717) is 12.5 Å². The highest BCUT2D eigenvalue weighted by molar-refractivity contribution is 9.10.